The van der Waals surface area contributed by atoms with Gasteiger partial charge in [0.25, 0.3) is 0 Å². The van der Waals surface area contributed by atoms with Crippen molar-refractivity contribution in [2.45, 2.75) is 0 Å². The number of hydrogen-bond donors (Lipinski definition) is 0. The maximum absolute atomic E-state index is 9.09. The normalized spacial score (nSPS) is 16.9. The second-order valence-electron chi connectivity index (χ2n) is 0.408. The number of rotatable bonds is 1. The third-order valence-corrected chi connectivity index (χ3v) is 1.00. The molecule has 0 spiro atoms. The highest BCUT2D eigenvalue weighted by atomic mass is 33.2. The van der Waals surface area contributed by atoms with Crippen molar-refractivity contribution in [1.82, 2.24) is 0 Å². The zero-order valence-electron chi connectivity index (χ0n) is 2.95. The minimum absolute atomic E-state index is 0. The Labute approximate surface area is 44.0 Å². The van der Waals surface area contributed by atoms with E-state index < -0.39 is 20.2 Å². The largest absolute Gasteiger partial charge is 0.763 e. The lowest BCUT2D eigenvalue weighted by molar-refractivity contribution is 0.520. The van der Waals surface area contributed by atoms with Crippen molar-refractivity contribution in [2.24, 2.45) is 0 Å². The van der Waals surface area contributed by atoms with Crippen molar-refractivity contribution in [3.8, 4) is 0 Å². The van der Waals surface area contributed by atoms with Crippen LogP contribution in [0.25, 0.3) is 0 Å². The second kappa shape index (κ2) is 4.34. The van der Waals surface area contributed by atoms with Gasteiger partial charge in [0, 0.05) is 20.2 Å². The predicted octanol–water partition coefficient (Wildman–Crippen LogP) is -2.17. The summed E-state index contributed by atoms with van der Waals surface area (Å²) in [5.41, 5.74) is 0. The first-order chi connectivity index (χ1) is 2.64. The molecule has 5 nitrogen and oxygen atoms in total. The fraction of sp³-hybridized carbons (Fsp3) is 0. The molecule has 0 bridgehead atoms. The summed E-state index contributed by atoms with van der Waals surface area (Å²) < 4.78 is 36.3. The van der Waals surface area contributed by atoms with Crippen LogP contribution in [-0.4, -0.2) is 23.0 Å². The lowest BCUT2D eigenvalue weighted by Gasteiger charge is -2.04. The summed E-state index contributed by atoms with van der Waals surface area (Å²) in [5, 5.41) is 0. The van der Waals surface area contributed by atoms with Crippen LogP contribution in [-0.2, 0) is 20.2 Å². The molecule has 0 aromatic carbocycles. The first-order valence-corrected chi connectivity index (χ1v) is 3.50. The standard InChI is InChI=1S/H2O4S2.H2O/c1-5(2)6(3)4;/h(H,1,2)(H,3,4);1H2/p-2. The van der Waals surface area contributed by atoms with Gasteiger partial charge in [-0.2, -0.15) is 0 Å². The molecule has 2 unspecified atom stereocenters. The zero-order valence-corrected chi connectivity index (χ0v) is 4.58. The van der Waals surface area contributed by atoms with Crippen LogP contribution in [0.4, 0.5) is 0 Å². The monoisotopic (exact) mass is 146 g/mol. The molecule has 2 N–H and O–H groups in total. The van der Waals surface area contributed by atoms with E-state index >= 15 is 0 Å². The van der Waals surface area contributed by atoms with Crippen LogP contribution in [0.1, 0.15) is 0 Å². The molecule has 0 amide bonds. The summed E-state index contributed by atoms with van der Waals surface area (Å²) in [6, 6.07) is 0. The molecule has 46 valence electrons. The molecule has 0 radical (unpaired) electrons. The van der Waals surface area contributed by atoms with Crippen LogP contribution < -0.4 is 0 Å². The molecule has 7 heteroatoms. The van der Waals surface area contributed by atoms with Gasteiger partial charge in [0.2, 0.25) is 0 Å². The van der Waals surface area contributed by atoms with Crippen LogP contribution in [0.5, 0.6) is 0 Å². The van der Waals surface area contributed by atoms with Gasteiger partial charge in [-0.05, 0) is 0 Å². The van der Waals surface area contributed by atoms with Crippen LogP contribution in [0.15, 0.2) is 0 Å². The SMILES string of the molecule is O.O=S([O-])S(=O)[O-]. The minimum atomic E-state index is -2.95. The molecule has 0 saturated carbocycles. The van der Waals surface area contributed by atoms with Gasteiger partial charge in [-0.15, -0.1) is 0 Å². The summed E-state index contributed by atoms with van der Waals surface area (Å²) in [6.45, 7) is 0. The molecule has 0 aliphatic carbocycles. The van der Waals surface area contributed by atoms with E-state index in [1.807, 2.05) is 0 Å². The van der Waals surface area contributed by atoms with Gasteiger partial charge in [-0.25, -0.2) is 0 Å². The molecule has 7 heavy (non-hydrogen) atoms. The fourth-order valence-corrected chi connectivity index (χ4v) is 0. The molecule has 0 aromatic heterocycles. The van der Waals surface area contributed by atoms with Crippen LogP contribution >= 0.6 is 0 Å². The highest BCUT2D eigenvalue weighted by molar-refractivity contribution is 8.56. The van der Waals surface area contributed by atoms with Gasteiger partial charge >= 0.3 is 0 Å². The Morgan fingerprint density at radius 3 is 1.14 bits per heavy atom. The lowest BCUT2D eigenvalue weighted by atomic mass is 15.9. The molecule has 0 fully saturated rings. The van der Waals surface area contributed by atoms with E-state index in [4.69, 9.17) is 17.5 Å². The van der Waals surface area contributed by atoms with E-state index in [9.17, 15) is 0 Å². The van der Waals surface area contributed by atoms with Crippen LogP contribution in [0.3, 0.4) is 0 Å². The van der Waals surface area contributed by atoms with Crippen molar-refractivity contribution in [3.05, 3.63) is 0 Å². The van der Waals surface area contributed by atoms with Crippen molar-refractivity contribution >= 4 is 20.2 Å². The first-order valence-electron chi connectivity index (χ1n) is 0.833. The maximum atomic E-state index is 9.09. The third-order valence-electron chi connectivity index (χ3n) is 0.111. The average molecular weight is 146 g/mol. The molecule has 0 aromatic rings. The molecule has 0 aliphatic rings. The summed E-state index contributed by atoms with van der Waals surface area (Å²) >= 11 is 0. The Hall–Kier alpha value is 0.180. The van der Waals surface area contributed by atoms with Gasteiger partial charge < -0.3 is 14.6 Å². The van der Waals surface area contributed by atoms with Gasteiger partial charge in [-0.3, -0.25) is 8.42 Å². The molecule has 0 heterocycles. The summed E-state index contributed by atoms with van der Waals surface area (Å²) in [7, 11) is -5.90. The smallest absolute Gasteiger partial charge is 0.0242 e. The lowest BCUT2D eigenvalue weighted by Crippen LogP contribution is -1.94. The van der Waals surface area contributed by atoms with Gasteiger partial charge in [0.1, 0.15) is 0 Å². The van der Waals surface area contributed by atoms with E-state index in [1.54, 1.807) is 0 Å². The average Bonchev–Trinajstić information content (AvgIpc) is 1.36. The van der Waals surface area contributed by atoms with Crippen molar-refractivity contribution in [2.75, 3.05) is 0 Å². The third kappa shape index (κ3) is 6.18. The van der Waals surface area contributed by atoms with Gasteiger partial charge in [0.05, 0.1) is 0 Å². The Morgan fingerprint density at radius 2 is 1.14 bits per heavy atom. The van der Waals surface area contributed by atoms with Crippen molar-refractivity contribution in [3.63, 3.8) is 0 Å². The van der Waals surface area contributed by atoms with Crippen LogP contribution in [0.2, 0.25) is 0 Å². The van der Waals surface area contributed by atoms with E-state index in [-0.39, 0.29) is 5.48 Å². The minimum Gasteiger partial charge on any atom is -0.763 e. The number of hydrogen-bond acceptors (Lipinski definition) is 4. The predicted molar refractivity (Wildman–Crippen MR) is 21.5 cm³/mol. The van der Waals surface area contributed by atoms with Crippen molar-refractivity contribution in [1.29, 1.82) is 0 Å². The highest BCUT2D eigenvalue weighted by Crippen LogP contribution is 1.73. The zero-order chi connectivity index (χ0) is 5.15. The second-order valence-corrected chi connectivity index (χ2v) is 2.86. The fourth-order valence-electron chi connectivity index (χ4n) is 0. The Kier molecular flexibility index (Phi) is 6.34. The topological polar surface area (TPSA) is 112 Å². The molecule has 0 rings (SSSR count). The molecular formula is H2O5S2-2. The first kappa shape index (κ1) is 10.2. The Bertz CT molecular complexity index is 72.1. The molecule has 2 atom stereocenters. The summed E-state index contributed by atoms with van der Waals surface area (Å²) in [4.78, 5) is 0. The van der Waals surface area contributed by atoms with E-state index in [1.165, 1.54) is 0 Å². The summed E-state index contributed by atoms with van der Waals surface area (Å²) in [6.07, 6.45) is 0. The van der Waals surface area contributed by atoms with Crippen LogP contribution in [0, 0.1) is 0 Å². The molecule has 0 saturated heterocycles. The Balaban J connectivity index is 0. The highest BCUT2D eigenvalue weighted by Gasteiger charge is 1.69. The quantitative estimate of drug-likeness (QED) is 0.309. The van der Waals surface area contributed by atoms with E-state index in [2.05, 4.69) is 0 Å². The van der Waals surface area contributed by atoms with Gasteiger partial charge in [-0.1, -0.05) is 0 Å². The van der Waals surface area contributed by atoms with E-state index in [0.29, 0.717) is 0 Å². The van der Waals surface area contributed by atoms with Crippen molar-refractivity contribution < 1.29 is 23.0 Å². The Morgan fingerprint density at radius 1 is 1.00 bits per heavy atom. The maximum Gasteiger partial charge on any atom is 0.0242 e. The molecule has 0 aliphatic heterocycles. The van der Waals surface area contributed by atoms with Gasteiger partial charge in [0.15, 0.2) is 0 Å². The summed E-state index contributed by atoms with van der Waals surface area (Å²) in [5.74, 6) is 0. The molecular weight excluding hydrogens is 144 g/mol. The van der Waals surface area contributed by atoms with E-state index in [0.717, 1.165) is 0 Å².